The lowest BCUT2D eigenvalue weighted by molar-refractivity contribution is -0.161. The SMILES string of the molecule is COC(=O)[C@@H]1CN(C(=O)OCc2ccccc2)C(C)C(=O)N1CCCC(=O)OC(C)(C)C. The van der Waals surface area contributed by atoms with Crippen LogP contribution in [0.1, 0.15) is 46.1 Å². The van der Waals surface area contributed by atoms with Gasteiger partial charge in [0.25, 0.3) is 0 Å². The third-order valence-electron chi connectivity index (χ3n) is 4.97. The van der Waals surface area contributed by atoms with Gasteiger partial charge >= 0.3 is 18.0 Å². The van der Waals surface area contributed by atoms with Gasteiger partial charge < -0.3 is 19.1 Å². The van der Waals surface area contributed by atoms with Crippen LogP contribution in [-0.2, 0) is 35.2 Å². The number of benzene rings is 1. The first-order valence-electron chi connectivity index (χ1n) is 10.6. The summed E-state index contributed by atoms with van der Waals surface area (Å²) in [6, 6.07) is 7.36. The summed E-state index contributed by atoms with van der Waals surface area (Å²) >= 11 is 0. The summed E-state index contributed by atoms with van der Waals surface area (Å²) in [5.74, 6) is -1.42. The first-order chi connectivity index (χ1) is 15.0. The molecular weight excluding hydrogens is 416 g/mol. The molecule has 0 radical (unpaired) electrons. The minimum Gasteiger partial charge on any atom is -0.467 e. The lowest BCUT2D eigenvalue weighted by atomic mass is 10.1. The summed E-state index contributed by atoms with van der Waals surface area (Å²) in [5, 5.41) is 0. The maximum atomic E-state index is 13.0. The molecule has 2 atom stereocenters. The Kier molecular flexibility index (Phi) is 8.63. The molecule has 2 amide bonds. The average Bonchev–Trinajstić information content (AvgIpc) is 2.74. The van der Waals surface area contributed by atoms with Crippen molar-refractivity contribution in [3.05, 3.63) is 35.9 Å². The summed E-state index contributed by atoms with van der Waals surface area (Å²) in [6.07, 6.45) is -0.261. The van der Waals surface area contributed by atoms with Crippen LogP contribution in [0.2, 0.25) is 0 Å². The van der Waals surface area contributed by atoms with Crippen molar-refractivity contribution in [3.63, 3.8) is 0 Å². The lowest BCUT2D eigenvalue weighted by Gasteiger charge is -2.42. The summed E-state index contributed by atoms with van der Waals surface area (Å²) in [7, 11) is 1.22. The Bertz CT molecular complexity index is 819. The molecule has 1 unspecified atom stereocenters. The van der Waals surface area contributed by atoms with E-state index < -0.39 is 35.7 Å². The predicted molar refractivity (Wildman–Crippen MR) is 115 cm³/mol. The first-order valence-corrected chi connectivity index (χ1v) is 10.6. The molecule has 2 rings (SSSR count). The normalized spacial score (nSPS) is 18.8. The number of piperazine rings is 1. The molecule has 0 N–H and O–H groups in total. The number of methoxy groups -OCH3 is 1. The molecule has 9 heteroatoms. The molecule has 0 saturated carbocycles. The molecular formula is C23H32N2O7. The van der Waals surface area contributed by atoms with Crippen molar-refractivity contribution in [1.29, 1.82) is 0 Å². The van der Waals surface area contributed by atoms with Crippen LogP contribution in [0.15, 0.2) is 30.3 Å². The highest BCUT2D eigenvalue weighted by Gasteiger charge is 2.44. The molecule has 1 aromatic rings. The molecule has 1 fully saturated rings. The van der Waals surface area contributed by atoms with Crippen LogP contribution in [0, 0.1) is 0 Å². The van der Waals surface area contributed by atoms with Gasteiger partial charge in [-0.15, -0.1) is 0 Å². The van der Waals surface area contributed by atoms with E-state index >= 15 is 0 Å². The van der Waals surface area contributed by atoms with E-state index in [4.69, 9.17) is 14.2 Å². The van der Waals surface area contributed by atoms with Gasteiger partial charge in [-0.1, -0.05) is 30.3 Å². The maximum Gasteiger partial charge on any atom is 0.410 e. The molecule has 9 nitrogen and oxygen atoms in total. The Balaban J connectivity index is 2.02. The number of ether oxygens (including phenoxy) is 3. The van der Waals surface area contributed by atoms with Gasteiger partial charge in [0.15, 0.2) is 0 Å². The molecule has 0 bridgehead atoms. The lowest BCUT2D eigenvalue weighted by Crippen LogP contribution is -2.64. The van der Waals surface area contributed by atoms with Gasteiger partial charge in [-0.05, 0) is 39.7 Å². The van der Waals surface area contributed by atoms with E-state index in [1.807, 2.05) is 30.3 Å². The fourth-order valence-electron chi connectivity index (χ4n) is 3.39. The summed E-state index contributed by atoms with van der Waals surface area (Å²) in [6.45, 7) is 7.08. The van der Waals surface area contributed by atoms with Crippen molar-refractivity contribution in [3.8, 4) is 0 Å². The van der Waals surface area contributed by atoms with Gasteiger partial charge in [0, 0.05) is 13.0 Å². The van der Waals surface area contributed by atoms with Crippen molar-refractivity contribution in [2.45, 2.75) is 64.8 Å². The Labute approximate surface area is 188 Å². The number of hydrogen-bond acceptors (Lipinski definition) is 7. The largest absolute Gasteiger partial charge is 0.467 e. The smallest absolute Gasteiger partial charge is 0.410 e. The average molecular weight is 449 g/mol. The zero-order chi connectivity index (χ0) is 23.9. The van der Waals surface area contributed by atoms with Crippen LogP contribution in [0.4, 0.5) is 4.79 Å². The summed E-state index contributed by atoms with van der Waals surface area (Å²) < 4.78 is 15.5. The molecule has 1 heterocycles. The molecule has 32 heavy (non-hydrogen) atoms. The highest BCUT2D eigenvalue weighted by molar-refractivity contribution is 5.92. The Morgan fingerprint density at radius 1 is 1.12 bits per heavy atom. The molecule has 1 aliphatic rings. The Morgan fingerprint density at radius 3 is 2.38 bits per heavy atom. The second kappa shape index (κ2) is 11.0. The molecule has 1 saturated heterocycles. The standard InChI is InChI=1S/C23H32N2O7/c1-16-20(27)24(13-9-12-19(26)32-23(2,3)4)18(21(28)30-5)14-25(16)22(29)31-15-17-10-7-6-8-11-17/h6-8,10-11,16,18H,9,12-15H2,1-5H3/t16?,18-/m0/s1. The number of hydrogen-bond donors (Lipinski definition) is 0. The third kappa shape index (κ3) is 6.96. The summed E-state index contributed by atoms with van der Waals surface area (Å²) in [4.78, 5) is 52.6. The van der Waals surface area contributed by atoms with Crippen molar-refractivity contribution in [2.75, 3.05) is 20.2 Å². The number of carbonyl (C=O) groups is 4. The Morgan fingerprint density at radius 2 is 1.78 bits per heavy atom. The van der Waals surface area contributed by atoms with Crippen LogP contribution in [0.5, 0.6) is 0 Å². The fourth-order valence-corrected chi connectivity index (χ4v) is 3.39. The van der Waals surface area contributed by atoms with E-state index in [0.717, 1.165) is 5.56 Å². The zero-order valence-corrected chi connectivity index (χ0v) is 19.3. The first kappa shape index (κ1) is 25.2. The second-order valence-corrected chi connectivity index (χ2v) is 8.63. The van der Waals surface area contributed by atoms with Crippen LogP contribution in [0.3, 0.4) is 0 Å². The molecule has 1 aromatic carbocycles. The van der Waals surface area contributed by atoms with E-state index in [0.29, 0.717) is 6.42 Å². The molecule has 176 valence electrons. The van der Waals surface area contributed by atoms with Crippen LogP contribution < -0.4 is 0 Å². The molecule has 0 spiro atoms. The van der Waals surface area contributed by atoms with Crippen LogP contribution >= 0.6 is 0 Å². The highest BCUT2D eigenvalue weighted by atomic mass is 16.6. The number of rotatable bonds is 7. The van der Waals surface area contributed by atoms with Gasteiger partial charge in [-0.3, -0.25) is 14.5 Å². The minimum atomic E-state index is -0.980. The van der Waals surface area contributed by atoms with Crippen molar-refractivity contribution in [2.24, 2.45) is 0 Å². The second-order valence-electron chi connectivity index (χ2n) is 8.63. The molecule has 1 aliphatic heterocycles. The minimum absolute atomic E-state index is 0.0551. The third-order valence-corrected chi connectivity index (χ3v) is 4.97. The van der Waals surface area contributed by atoms with Gasteiger partial charge in [-0.2, -0.15) is 0 Å². The van der Waals surface area contributed by atoms with E-state index in [-0.39, 0.29) is 32.1 Å². The Hall–Kier alpha value is -3.10. The predicted octanol–water partition coefficient (Wildman–Crippen LogP) is 2.52. The van der Waals surface area contributed by atoms with Crippen molar-refractivity contribution >= 4 is 23.9 Å². The summed E-state index contributed by atoms with van der Waals surface area (Å²) in [5.41, 5.74) is 0.215. The fraction of sp³-hybridized carbons (Fsp3) is 0.565. The quantitative estimate of drug-likeness (QED) is 0.466. The maximum absolute atomic E-state index is 13.0. The van der Waals surface area contributed by atoms with E-state index in [2.05, 4.69) is 0 Å². The van der Waals surface area contributed by atoms with E-state index in [9.17, 15) is 19.2 Å². The number of amides is 2. The molecule has 0 aromatic heterocycles. The molecule has 0 aliphatic carbocycles. The van der Waals surface area contributed by atoms with E-state index in [1.54, 1.807) is 27.7 Å². The number of esters is 2. The number of nitrogens with zero attached hydrogens (tertiary/aromatic N) is 2. The van der Waals surface area contributed by atoms with Crippen molar-refractivity contribution < 1.29 is 33.4 Å². The number of carbonyl (C=O) groups excluding carboxylic acids is 4. The topological polar surface area (TPSA) is 102 Å². The van der Waals surface area contributed by atoms with E-state index in [1.165, 1.54) is 16.9 Å². The van der Waals surface area contributed by atoms with Gasteiger partial charge in [0.05, 0.1) is 13.7 Å². The zero-order valence-electron chi connectivity index (χ0n) is 19.3. The van der Waals surface area contributed by atoms with Gasteiger partial charge in [0.2, 0.25) is 5.91 Å². The monoisotopic (exact) mass is 448 g/mol. The van der Waals surface area contributed by atoms with Crippen LogP contribution in [-0.4, -0.2) is 71.6 Å². The van der Waals surface area contributed by atoms with Crippen molar-refractivity contribution in [1.82, 2.24) is 9.80 Å². The van der Waals surface area contributed by atoms with Gasteiger partial charge in [0.1, 0.15) is 24.3 Å². The van der Waals surface area contributed by atoms with Gasteiger partial charge in [-0.25, -0.2) is 9.59 Å². The highest BCUT2D eigenvalue weighted by Crippen LogP contribution is 2.21. The van der Waals surface area contributed by atoms with Crippen LogP contribution in [0.25, 0.3) is 0 Å².